The van der Waals surface area contributed by atoms with Gasteiger partial charge in [-0.15, -0.1) is 0 Å². The molecule has 0 aromatic heterocycles. The minimum absolute atomic E-state index is 0.0498. The van der Waals surface area contributed by atoms with Gasteiger partial charge in [-0.3, -0.25) is 9.63 Å². The SMILES string of the molecule is COCCONC(=O)COc1ccc2c(c1)CCC2. The van der Waals surface area contributed by atoms with Gasteiger partial charge < -0.3 is 9.47 Å². The predicted molar refractivity (Wildman–Crippen MR) is 69.9 cm³/mol. The first-order valence-electron chi connectivity index (χ1n) is 6.44. The van der Waals surface area contributed by atoms with Gasteiger partial charge in [0.15, 0.2) is 6.61 Å². The molecule has 1 aliphatic rings. The molecule has 0 fully saturated rings. The van der Waals surface area contributed by atoms with Gasteiger partial charge in [-0.1, -0.05) is 6.07 Å². The Balaban J connectivity index is 1.71. The van der Waals surface area contributed by atoms with Crippen molar-refractivity contribution in [3.8, 4) is 5.75 Å². The van der Waals surface area contributed by atoms with Crippen LogP contribution in [0.3, 0.4) is 0 Å². The second-order valence-electron chi connectivity index (χ2n) is 4.44. The summed E-state index contributed by atoms with van der Waals surface area (Å²) in [5, 5.41) is 0. The van der Waals surface area contributed by atoms with Gasteiger partial charge in [0, 0.05) is 7.11 Å². The van der Waals surface area contributed by atoms with Gasteiger partial charge >= 0.3 is 0 Å². The molecular formula is C14H19NO4. The summed E-state index contributed by atoms with van der Waals surface area (Å²) < 4.78 is 10.2. The van der Waals surface area contributed by atoms with E-state index >= 15 is 0 Å². The van der Waals surface area contributed by atoms with E-state index in [2.05, 4.69) is 11.5 Å². The molecule has 0 bridgehead atoms. The standard InChI is InChI=1S/C14H19NO4/c1-17-7-8-19-15-14(16)10-18-13-6-5-11-3-2-4-12(11)9-13/h5-6,9H,2-4,7-8,10H2,1H3,(H,15,16). The third-order valence-corrected chi connectivity index (χ3v) is 3.02. The van der Waals surface area contributed by atoms with E-state index in [1.807, 2.05) is 12.1 Å². The highest BCUT2D eigenvalue weighted by Gasteiger charge is 2.11. The van der Waals surface area contributed by atoms with Crippen LogP contribution in [0.15, 0.2) is 18.2 Å². The Morgan fingerprint density at radius 1 is 1.26 bits per heavy atom. The van der Waals surface area contributed by atoms with Gasteiger partial charge in [0.05, 0.1) is 13.2 Å². The number of hydroxylamine groups is 1. The quantitative estimate of drug-likeness (QED) is 0.595. The van der Waals surface area contributed by atoms with Crippen molar-refractivity contribution in [3.05, 3.63) is 29.3 Å². The molecule has 5 nitrogen and oxygen atoms in total. The molecule has 2 rings (SSSR count). The van der Waals surface area contributed by atoms with Gasteiger partial charge in [0.1, 0.15) is 5.75 Å². The van der Waals surface area contributed by atoms with Crippen LogP contribution in [0.2, 0.25) is 0 Å². The minimum atomic E-state index is -0.309. The highest BCUT2D eigenvalue weighted by molar-refractivity contribution is 5.76. The van der Waals surface area contributed by atoms with Crippen molar-refractivity contribution in [3.63, 3.8) is 0 Å². The summed E-state index contributed by atoms with van der Waals surface area (Å²) in [5.74, 6) is 0.421. The van der Waals surface area contributed by atoms with Crippen molar-refractivity contribution < 1.29 is 19.1 Å². The van der Waals surface area contributed by atoms with Crippen molar-refractivity contribution in [2.75, 3.05) is 26.9 Å². The van der Waals surface area contributed by atoms with Crippen LogP contribution < -0.4 is 10.2 Å². The number of carbonyl (C=O) groups is 1. The zero-order chi connectivity index (χ0) is 13.5. The lowest BCUT2D eigenvalue weighted by Gasteiger charge is -2.08. The number of benzene rings is 1. The number of aryl methyl sites for hydroxylation is 2. The lowest BCUT2D eigenvalue weighted by atomic mass is 10.1. The number of nitrogens with one attached hydrogen (secondary N) is 1. The summed E-state index contributed by atoms with van der Waals surface area (Å²) in [6.07, 6.45) is 3.44. The average molecular weight is 265 g/mol. The van der Waals surface area contributed by atoms with Crippen LogP contribution in [-0.2, 0) is 27.2 Å². The second kappa shape index (κ2) is 7.11. The molecular weight excluding hydrogens is 246 g/mol. The van der Waals surface area contributed by atoms with Gasteiger partial charge in [-0.05, 0) is 42.5 Å². The molecule has 1 N–H and O–H groups in total. The van der Waals surface area contributed by atoms with Crippen molar-refractivity contribution in [1.82, 2.24) is 5.48 Å². The van der Waals surface area contributed by atoms with Crippen LogP contribution >= 0.6 is 0 Å². The molecule has 0 heterocycles. The van der Waals surface area contributed by atoms with E-state index < -0.39 is 0 Å². The summed E-state index contributed by atoms with van der Waals surface area (Å²) in [6.45, 7) is 0.707. The average Bonchev–Trinajstić information content (AvgIpc) is 2.89. The van der Waals surface area contributed by atoms with Crippen molar-refractivity contribution in [2.45, 2.75) is 19.3 Å². The van der Waals surface area contributed by atoms with E-state index in [0.29, 0.717) is 13.2 Å². The monoisotopic (exact) mass is 265 g/mol. The first kappa shape index (κ1) is 13.8. The Kier molecular flexibility index (Phi) is 5.18. The van der Waals surface area contributed by atoms with Crippen LogP contribution in [0.4, 0.5) is 0 Å². The Hall–Kier alpha value is -1.59. The molecule has 0 unspecified atom stereocenters. The zero-order valence-corrected chi connectivity index (χ0v) is 11.1. The Labute approximate surface area is 112 Å². The smallest absolute Gasteiger partial charge is 0.281 e. The molecule has 104 valence electrons. The molecule has 1 aromatic carbocycles. The number of ether oxygens (including phenoxy) is 2. The van der Waals surface area contributed by atoms with Crippen molar-refractivity contribution >= 4 is 5.91 Å². The molecule has 19 heavy (non-hydrogen) atoms. The van der Waals surface area contributed by atoms with Gasteiger partial charge in [-0.25, -0.2) is 5.48 Å². The van der Waals surface area contributed by atoms with Gasteiger partial charge in [0.2, 0.25) is 0 Å². The van der Waals surface area contributed by atoms with E-state index in [9.17, 15) is 4.79 Å². The third kappa shape index (κ3) is 4.22. The summed E-state index contributed by atoms with van der Waals surface area (Å²) >= 11 is 0. The Bertz CT molecular complexity index is 433. The fourth-order valence-electron chi connectivity index (χ4n) is 2.07. The highest BCUT2D eigenvalue weighted by Crippen LogP contribution is 2.25. The van der Waals surface area contributed by atoms with Crippen molar-refractivity contribution in [2.24, 2.45) is 0 Å². The first-order chi connectivity index (χ1) is 9.29. The lowest BCUT2D eigenvalue weighted by Crippen LogP contribution is -2.30. The van der Waals surface area contributed by atoms with Crippen molar-refractivity contribution in [1.29, 1.82) is 0 Å². The maximum atomic E-state index is 11.4. The number of hydrogen-bond donors (Lipinski definition) is 1. The molecule has 0 aliphatic heterocycles. The van der Waals surface area contributed by atoms with Gasteiger partial charge in [-0.2, -0.15) is 0 Å². The van der Waals surface area contributed by atoms with Crippen LogP contribution in [0.25, 0.3) is 0 Å². The second-order valence-corrected chi connectivity index (χ2v) is 4.44. The van der Waals surface area contributed by atoms with E-state index in [-0.39, 0.29) is 12.5 Å². The number of amides is 1. The molecule has 1 aliphatic carbocycles. The molecule has 0 saturated heterocycles. The summed E-state index contributed by atoms with van der Waals surface area (Å²) in [4.78, 5) is 16.3. The number of carbonyl (C=O) groups excluding carboxylic acids is 1. The largest absolute Gasteiger partial charge is 0.484 e. The number of rotatable bonds is 7. The van der Waals surface area contributed by atoms with E-state index in [4.69, 9.17) is 14.3 Å². The van der Waals surface area contributed by atoms with Crippen LogP contribution in [0, 0.1) is 0 Å². The summed E-state index contributed by atoms with van der Waals surface area (Å²) in [5.41, 5.74) is 5.01. The number of fused-ring (bicyclic) bond motifs is 1. The molecule has 0 spiro atoms. The molecule has 1 amide bonds. The number of methoxy groups -OCH3 is 1. The summed E-state index contributed by atoms with van der Waals surface area (Å²) in [7, 11) is 1.57. The predicted octanol–water partition coefficient (Wildman–Crippen LogP) is 1.25. The normalized spacial score (nSPS) is 13.1. The Morgan fingerprint density at radius 3 is 2.95 bits per heavy atom. The maximum absolute atomic E-state index is 11.4. The minimum Gasteiger partial charge on any atom is -0.484 e. The number of hydrogen-bond acceptors (Lipinski definition) is 4. The lowest BCUT2D eigenvalue weighted by molar-refractivity contribution is -0.136. The van der Waals surface area contributed by atoms with Crippen LogP contribution in [0.1, 0.15) is 17.5 Å². The molecule has 0 atom stereocenters. The topological polar surface area (TPSA) is 56.8 Å². The first-order valence-corrected chi connectivity index (χ1v) is 6.44. The molecule has 1 aromatic rings. The third-order valence-electron chi connectivity index (χ3n) is 3.02. The molecule has 5 heteroatoms. The fraction of sp³-hybridized carbons (Fsp3) is 0.500. The summed E-state index contributed by atoms with van der Waals surface area (Å²) in [6, 6.07) is 6.00. The molecule has 0 radical (unpaired) electrons. The van der Waals surface area contributed by atoms with E-state index in [1.165, 1.54) is 17.5 Å². The maximum Gasteiger partial charge on any atom is 0.281 e. The molecule has 0 saturated carbocycles. The fourth-order valence-corrected chi connectivity index (χ4v) is 2.07. The van der Waals surface area contributed by atoms with E-state index in [1.54, 1.807) is 7.11 Å². The zero-order valence-electron chi connectivity index (χ0n) is 11.1. The Morgan fingerprint density at radius 2 is 2.11 bits per heavy atom. The van der Waals surface area contributed by atoms with E-state index in [0.717, 1.165) is 18.6 Å². The van der Waals surface area contributed by atoms with Gasteiger partial charge in [0.25, 0.3) is 5.91 Å². The van der Waals surface area contributed by atoms with Crippen LogP contribution in [-0.4, -0.2) is 32.8 Å². The van der Waals surface area contributed by atoms with Crippen LogP contribution in [0.5, 0.6) is 5.75 Å². The highest BCUT2D eigenvalue weighted by atomic mass is 16.7.